The van der Waals surface area contributed by atoms with Crippen molar-refractivity contribution >= 4 is 45.5 Å². The van der Waals surface area contributed by atoms with E-state index in [1.54, 1.807) is 22.3 Å². The average Bonchev–Trinajstić information content (AvgIpc) is 2.71. The minimum absolute atomic E-state index is 0. The van der Waals surface area contributed by atoms with E-state index >= 15 is 0 Å². The molecular weight excluding hydrogens is 328 g/mol. The predicted octanol–water partition coefficient (Wildman–Crippen LogP) is 6.24. The van der Waals surface area contributed by atoms with Crippen LogP contribution in [0.4, 0.5) is 0 Å². The normalized spacial score (nSPS) is 20.3. The third-order valence-corrected chi connectivity index (χ3v) is 6.09. The summed E-state index contributed by atoms with van der Waals surface area (Å²) in [5.41, 5.74) is 12.2. The van der Waals surface area contributed by atoms with Crippen LogP contribution in [0.2, 0.25) is 0 Å². The Balaban J connectivity index is 0.000000364. The van der Waals surface area contributed by atoms with Gasteiger partial charge in [0.1, 0.15) is 0 Å². The second-order valence-electron chi connectivity index (χ2n) is 6.68. The molecule has 2 aliphatic rings. The van der Waals surface area contributed by atoms with Crippen molar-refractivity contribution in [3.8, 4) is 0 Å². The van der Waals surface area contributed by atoms with Gasteiger partial charge < -0.3 is 0 Å². The quantitative estimate of drug-likeness (QED) is 0.449. The van der Waals surface area contributed by atoms with Crippen molar-refractivity contribution in [3.63, 3.8) is 0 Å². The van der Waals surface area contributed by atoms with Gasteiger partial charge in [-0.1, -0.05) is 36.1 Å². The Morgan fingerprint density at radius 1 is 0.429 bits per heavy atom. The zero-order valence-electron chi connectivity index (χ0n) is 15.9. The third-order valence-electron chi connectivity index (χ3n) is 6.09. The summed E-state index contributed by atoms with van der Waals surface area (Å²) in [5, 5.41) is 0. The molecule has 0 amide bonds. The van der Waals surface area contributed by atoms with Crippen LogP contribution in [0, 0.1) is 11.8 Å². The van der Waals surface area contributed by atoms with Gasteiger partial charge in [0.2, 0.25) is 0 Å². The Morgan fingerprint density at radius 2 is 0.571 bits per heavy atom. The number of allylic oxidation sites excluding steroid dienone is 8. The van der Waals surface area contributed by atoms with Gasteiger partial charge in [0, 0.05) is 45.5 Å². The molecule has 2 rings (SSSR count). The predicted molar refractivity (Wildman–Crippen MR) is 97.6 cm³/mol. The van der Waals surface area contributed by atoms with E-state index < -0.39 is 0 Å². The van der Waals surface area contributed by atoms with Crippen LogP contribution in [0.15, 0.2) is 44.6 Å². The molecule has 21 heavy (non-hydrogen) atoms. The molecule has 0 saturated carbocycles. The van der Waals surface area contributed by atoms with Gasteiger partial charge >= 0.3 is 0 Å². The second-order valence-corrected chi connectivity index (χ2v) is 6.68. The van der Waals surface area contributed by atoms with Crippen LogP contribution in [0.1, 0.15) is 69.2 Å². The van der Waals surface area contributed by atoms with Crippen LogP contribution in [0.25, 0.3) is 0 Å². The maximum absolute atomic E-state index is 2.28. The van der Waals surface area contributed by atoms with Crippen molar-refractivity contribution in [3.05, 3.63) is 44.6 Å². The zero-order chi connectivity index (χ0) is 15.8. The summed E-state index contributed by atoms with van der Waals surface area (Å²) < 4.78 is 0. The topological polar surface area (TPSA) is 0 Å². The molecule has 0 fully saturated rings. The average molecular weight is 360 g/mol. The molecule has 0 spiro atoms. The zero-order valence-corrected chi connectivity index (χ0v) is 19.3. The van der Waals surface area contributed by atoms with Gasteiger partial charge in [0.25, 0.3) is 0 Å². The Morgan fingerprint density at radius 3 is 0.619 bits per heavy atom. The first kappa shape index (κ1) is 21.4. The van der Waals surface area contributed by atoms with E-state index in [1.807, 2.05) is 0 Å². The summed E-state index contributed by atoms with van der Waals surface area (Å²) >= 11 is 0. The van der Waals surface area contributed by atoms with Gasteiger partial charge in [0.15, 0.2) is 0 Å². The van der Waals surface area contributed by atoms with Crippen molar-refractivity contribution in [2.45, 2.75) is 69.2 Å². The first-order chi connectivity index (χ1) is 9.11. The molecule has 2 aliphatic carbocycles. The molecule has 0 nitrogen and oxygen atoms in total. The van der Waals surface area contributed by atoms with Crippen molar-refractivity contribution in [1.29, 1.82) is 0 Å². The number of hydrogen-bond donors (Lipinski definition) is 0. The molecule has 1 heteroatoms. The molecule has 0 heterocycles. The maximum Gasteiger partial charge on any atom is 0 e. The van der Waals surface area contributed by atoms with Crippen LogP contribution in [-0.2, 0) is 0 Å². The standard InChI is InChI=1S/2C10H16.Sr/c2*1-6-7(2)9(4)10(5)8(6)3;/h2*6H,1-5H3;. The molecule has 114 valence electrons. The van der Waals surface area contributed by atoms with E-state index in [-0.39, 0.29) is 45.5 Å². The van der Waals surface area contributed by atoms with Crippen molar-refractivity contribution < 1.29 is 0 Å². The van der Waals surface area contributed by atoms with E-state index in [0.717, 1.165) is 0 Å². The fraction of sp³-hybridized carbons (Fsp3) is 0.600. The Bertz CT molecular complexity index is 440. The minimum atomic E-state index is 0. The third kappa shape index (κ3) is 4.25. The summed E-state index contributed by atoms with van der Waals surface area (Å²) in [5.74, 6) is 1.39. The van der Waals surface area contributed by atoms with Crippen LogP contribution < -0.4 is 0 Å². The van der Waals surface area contributed by atoms with Crippen LogP contribution >= 0.6 is 0 Å². The van der Waals surface area contributed by atoms with Crippen LogP contribution in [-0.4, -0.2) is 45.5 Å². The molecule has 0 saturated heterocycles. The fourth-order valence-corrected chi connectivity index (χ4v) is 3.13. The molecule has 0 aromatic rings. The Kier molecular flexibility index (Phi) is 8.51. The SMILES string of the molecule is CC1=C(C)C(C)C(C)=C1C.CC1=C(C)C(C)C(C)=C1C.[Sr]. The van der Waals surface area contributed by atoms with Crippen LogP contribution in [0.5, 0.6) is 0 Å². The van der Waals surface area contributed by atoms with E-state index in [0.29, 0.717) is 11.8 Å². The van der Waals surface area contributed by atoms with Crippen molar-refractivity contribution in [1.82, 2.24) is 0 Å². The van der Waals surface area contributed by atoms with Gasteiger partial charge in [-0.05, 0) is 89.5 Å². The smallest absolute Gasteiger partial charge is 0 e. The van der Waals surface area contributed by atoms with E-state index in [1.165, 1.54) is 22.3 Å². The van der Waals surface area contributed by atoms with Crippen LogP contribution in [0.3, 0.4) is 0 Å². The van der Waals surface area contributed by atoms with Crippen molar-refractivity contribution in [2.75, 3.05) is 0 Å². The molecule has 0 aromatic carbocycles. The van der Waals surface area contributed by atoms with E-state index in [4.69, 9.17) is 0 Å². The minimum Gasteiger partial charge on any atom is -0.0632 e. The van der Waals surface area contributed by atoms with Crippen molar-refractivity contribution in [2.24, 2.45) is 11.8 Å². The van der Waals surface area contributed by atoms with Gasteiger partial charge in [-0.25, -0.2) is 0 Å². The Hall–Kier alpha value is 0.441. The number of rotatable bonds is 0. The molecule has 0 N–H and O–H groups in total. The van der Waals surface area contributed by atoms with Gasteiger partial charge in [0.05, 0.1) is 0 Å². The summed E-state index contributed by atoms with van der Waals surface area (Å²) in [6, 6.07) is 0. The second kappa shape index (κ2) is 8.34. The monoisotopic (exact) mass is 360 g/mol. The first-order valence-electron chi connectivity index (χ1n) is 7.81. The fourth-order valence-electron chi connectivity index (χ4n) is 3.13. The summed E-state index contributed by atoms with van der Waals surface area (Å²) in [6.07, 6.45) is 0. The molecule has 0 aliphatic heterocycles. The maximum atomic E-state index is 2.28. The molecule has 0 atom stereocenters. The summed E-state index contributed by atoms with van der Waals surface area (Å²) in [6.45, 7) is 22.4. The molecule has 0 bridgehead atoms. The molecular formula is C20H32Sr. The summed E-state index contributed by atoms with van der Waals surface area (Å²) in [7, 11) is 0. The van der Waals surface area contributed by atoms with E-state index in [2.05, 4.69) is 69.2 Å². The van der Waals surface area contributed by atoms with Gasteiger partial charge in [-0.15, -0.1) is 0 Å². The Labute approximate surface area is 169 Å². The van der Waals surface area contributed by atoms with E-state index in [9.17, 15) is 0 Å². The molecule has 0 unspecified atom stereocenters. The largest absolute Gasteiger partial charge is 0.0632 e. The first-order valence-corrected chi connectivity index (χ1v) is 7.81. The molecule has 0 aromatic heterocycles. The van der Waals surface area contributed by atoms with Gasteiger partial charge in [-0.3, -0.25) is 0 Å². The molecule has 2 radical (unpaired) electrons. The number of hydrogen-bond acceptors (Lipinski definition) is 0. The summed E-state index contributed by atoms with van der Waals surface area (Å²) in [4.78, 5) is 0. The van der Waals surface area contributed by atoms with Gasteiger partial charge in [-0.2, -0.15) is 0 Å².